The highest BCUT2D eigenvalue weighted by molar-refractivity contribution is 8.00. The molecule has 1 N–H and O–H groups in total. The normalized spacial score (nSPS) is 13.9. The number of halogens is 3. The number of hydrogen-bond donors (Lipinski definition) is 1. The van der Waals surface area contributed by atoms with Crippen LogP contribution in [0.25, 0.3) is 0 Å². The van der Waals surface area contributed by atoms with Gasteiger partial charge in [0.2, 0.25) is 5.91 Å². The Bertz CT molecular complexity index is 466. The summed E-state index contributed by atoms with van der Waals surface area (Å²) in [6.45, 7) is 7.26. The van der Waals surface area contributed by atoms with Crippen LogP contribution < -0.4 is 5.32 Å². The number of carbonyl (C=O) groups excluding carboxylic acids is 1. The molecule has 1 aromatic rings. The SMILES string of the molecule is C[C@H](Sc1ccc(C(F)(F)F)cn1)C(=O)NC(C)(C)C. The minimum atomic E-state index is -4.40. The lowest BCUT2D eigenvalue weighted by Crippen LogP contribution is -2.44. The molecule has 112 valence electrons. The van der Waals surface area contributed by atoms with E-state index >= 15 is 0 Å². The standard InChI is InChI=1S/C13H17F3N2OS/c1-8(11(19)18-12(2,3)4)20-10-6-5-9(7-17-10)13(14,15)16/h5-8H,1-4H3,(H,18,19)/t8-/m0/s1. The molecule has 0 spiro atoms. The molecule has 1 aromatic heterocycles. The number of carbonyl (C=O) groups is 1. The van der Waals surface area contributed by atoms with Gasteiger partial charge in [-0.3, -0.25) is 4.79 Å². The van der Waals surface area contributed by atoms with Crippen LogP contribution in [0.2, 0.25) is 0 Å². The molecule has 1 heterocycles. The third-order valence-electron chi connectivity index (χ3n) is 2.23. The van der Waals surface area contributed by atoms with Crippen LogP contribution in [0.5, 0.6) is 0 Å². The summed E-state index contributed by atoms with van der Waals surface area (Å²) in [6, 6.07) is 2.23. The molecule has 0 unspecified atom stereocenters. The van der Waals surface area contributed by atoms with Crippen molar-refractivity contribution in [2.75, 3.05) is 0 Å². The molecular weight excluding hydrogens is 289 g/mol. The van der Waals surface area contributed by atoms with E-state index in [2.05, 4.69) is 10.3 Å². The molecule has 0 fully saturated rings. The number of pyridine rings is 1. The predicted octanol–water partition coefficient (Wildman–Crippen LogP) is 3.50. The van der Waals surface area contributed by atoms with E-state index in [9.17, 15) is 18.0 Å². The quantitative estimate of drug-likeness (QED) is 0.869. The van der Waals surface area contributed by atoms with Crippen molar-refractivity contribution in [1.82, 2.24) is 10.3 Å². The Labute approximate surface area is 120 Å². The van der Waals surface area contributed by atoms with Crippen molar-refractivity contribution in [3.8, 4) is 0 Å². The number of rotatable bonds is 3. The van der Waals surface area contributed by atoms with E-state index in [1.807, 2.05) is 20.8 Å². The zero-order valence-corrected chi connectivity index (χ0v) is 12.5. The Balaban J connectivity index is 2.67. The molecular formula is C13H17F3N2OS. The lowest BCUT2D eigenvalue weighted by molar-refractivity contribution is -0.137. The minimum Gasteiger partial charge on any atom is -0.351 e. The number of hydrogen-bond acceptors (Lipinski definition) is 3. The fourth-order valence-electron chi connectivity index (χ4n) is 1.32. The van der Waals surface area contributed by atoms with E-state index in [4.69, 9.17) is 0 Å². The summed E-state index contributed by atoms with van der Waals surface area (Å²) >= 11 is 1.12. The smallest absolute Gasteiger partial charge is 0.351 e. The molecule has 0 saturated carbocycles. The minimum absolute atomic E-state index is 0.177. The van der Waals surface area contributed by atoms with E-state index in [0.717, 1.165) is 24.0 Å². The second kappa shape index (κ2) is 6.03. The summed E-state index contributed by atoms with van der Waals surface area (Å²) in [5.41, 5.74) is -1.15. The monoisotopic (exact) mass is 306 g/mol. The van der Waals surface area contributed by atoms with Gasteiger partial charge in [0.1, 0.15) is 0 Å². The number of nitrogens with zero attached hydrogens (tertiary/aromatic N) is 1. The zero-order chi connectivity index (χ0) is 15.6. The van der Waals surface area contributed by atoms with Crippen LogP contribution in [0.15, 0.2) is 23.4 Å². The van der Waals surface area contributed by atoms with E-state index in [-0.39, 0.29) is 11.4 Å². The largest absolute Gasteiger partial charge is 0.417 e. The summed E-state index contributed by atoms with van der Waals surface area (Å²) in [6.07, 6.45) is -3.62. The molecule has 7 heteroatoms. The number of amides is 1. The van der Waals surface area contributed by atoms with Crippen LogP contribution in [-0.4, -0.2) is 21.7 Å². The van der Waals surface area contributed by atoms with Gasteiger partial charge in [-0.25, -0.2) is 4.98 Å². The maximum Gasteiger partial charge on any atom is 0.417 e. The van der Waals surface area contributed by atoms with Crippen molar-refractivity contribution in [1.29, 1.82) is 0 Å². The number of thioether (sulfide) groups is 1. The Morgan fingerprint density at radius 3 is 2.30 bits per heavy atom. The summed E-state index contributed by atoms with van der Waals surface area (Å²) in [7, 11) is 0. The van der Waals surface area contributed by atoms with Crippen LogP contribution in [0.3, 0.4) is 0 Å². The lowest BCUT2D eigenvalue weighted by Gasteiger charge is -2.22. The van der Waals surface area contributed by atoms with Gasteiger partial charge in [-0.05, 0) is 39.8 Å². The molecule has 0 saturated heterocycles. The van der Waals surface area contributed by atoms with E-state index in [1.165, 1.54) is 6.07 Å². The molecule has 20 heavy (non-hydrogen) atoms. The maximum absolute atomic E-state index is 12.4. The predicted molar refractivity (Wildman–Crippen MR) is 72.5 cm³/mol. The molecule has 0 aliphatic heterocycles. The topological polar surface area (TPSA) is 42.0 Å². The fraction of sp³-hybridized carbons (Fsp3) is 0.538. The highest BCUT2D eigenvalue weighted by Crippen LogP contribution is 2.30. The molecule has 3 nitrogen and oxygen atoms in total. The van der Waals surface area contributed by atoms with E-state index in [0.29, 0.717) is 5.03 Å². The molecule has 0 aliphatic rings. The molecule has 1 atom stereocenters. The first-order chi connectivity index (χ1) is 8.99. The molecule has 0 aromatic carbocycles. The van der Waals surface area contributed by atoms with Crippen molar-refractivity contribution >= 4 is 17.7 Å². The van der Waals surface area contributed by atoms with Gasteiger partial charge >= 0.3 is 6.18 Å². The molecule has 1 rings (SSSR count). The Morgan fingerprint density at radius 2 is 1.90 bits per heavy atom. The van der Waals surface area contributed by atoms with Gasteiger partial charge in [0.05, 0.1) is 15.8 Å². The van der Waals surface area contributed by atoms with Gasteiger partial charge in [-0.15, -0.1) is 0 Å². The first-order valence-corrected chi connectivity index (χ1v) is 6.89. The molecule has 0 radical (unpaired) electrons. The van der Waals surface area contributed by atoms with E-state index in [1.54, 1.807) is 6.92 Å². The number of alkyl halides is 3. The summed E-state index contributed by atoms with van der Waals surface area (Å²) in [5, 5.41) is 2.76. The lowest BCUT2D eigenvalue weighted by atomic mass is 10.1. The second-order valence-electron chi connectivity index (χ2n) is 5.38. The van der Waals surface area contributed by atoms with Crippen molar-refractivity contribution < 1.29 is 18.0 Å². The van der Waals surface area contributed by atoms with Crippen molar-refractivity contribution in [2.24, 2.45) is 0 Å². The fourth-order valence-corrected chi connectivity index (χ4v) is 2.11. The van der Waals surface area contributed by atoms with Crippen molar-refractivity contribution in [2.45, 2.75) is 49.7 Å². The highest BCUT2D eigenvalue weighted by atomic mass is 32.2. The van der Waals surface area contributed by atoms with Gasteiger partial charge in [-0.1, -0.05) is 11.8 Å². The van der Waals surface area contributed by atoms with Crippen LogP contribution in [0.4, 0.5) is 13.2 Å². The summed E-state index contributed by atoms with van der Waals surface area (Å²) < 4.78 is 37.2. The first kappa shape index (κ1) is 16.8. The summed E-state index contributed by atoms with van der Waals surface area (Å²) in [5.74, 6) is -0.177. The average molecular weight is 306 g/mol. The van der Waals surface area contributed by atoms with Gasteiger partial charge in [-0.2, -0.15) is 13.2 Å². The van der Waals surface area contributed by atoms with E-state index < -0.39 is 17.0 Å². The third-order valence-corrected chi connectivity index (χ3v) is 3.28. The Hall–Kier alpha value is -1.24. The van der Waals surface area contributed by atoms with Crippen LogP contribution in [-0.2, 0) is 11.0 Å². The van der Waals surface area contributed by atoms with Crippen LogP contribution in [0.1, 0.15) is 33.3 Å². The molecule has 1 amide bonds. The van der Waals surface area contributed by atoms with Gasteiger partial charge in [0.25, 0.3) is 0 Å². The average Bonchev–Trinajstić information content (AvgIpc) is 2.26. The van der Waals surface area contributed by atoms with Gasteiger partial charge in [0.15, 0.2) is 0 Å². The van der Waals surface area contributed by atoms with Crippen LogP contribution in [0, 0.1) is 0 Å². The second-order valence-corrected chi connectivity index (χ2v) is 6.74. The summed E-state index contributed by atoms with van der Waals surface area (Å²) in [4.78, 5) is 15.6. The first-order valence-electron chi connectivity index (χ1n) is 6.01. The zero-order valence-electron chi connectivity index (χ0n) is 11.7. The van der Waals surface area contributed by atoms with Gasteiger partial charge in [0, 0.05) is 11.7 Å². The van der Waals surface area contributed by atoms with Crippen LogP contribution >= 0.6 is 11.8 Å². The number of aromatic nitrogens is 1. The number of nitrogens with one attached hydrogen (secondary N) is 1. The van der Waals surface area contributed by atoms with Crippen molar-refractivity contribution in [3.05, 3.63) is 23.9 Å². The van der Waals surface area contributed by atoms with Gasteiger partial charge < -0.3 is 5.32 Å². The highest BCUT2D eigenvalue weighted by Gasteiger charge is 2.30. The third kappa shape index (κ3) is 5.40. The molecule has 0 aliphatic carbocycles. The maximum atomic E-state index is 12.4. The Morgan fingerprint density at radius 1 is 1.30 bits per heavy atom. The van der Waals surface area contributed by atoms with Crippen molar-refractivity contribution in [3.63, 3.8) is 0 Å². The Kier molecular flexibility index (Phi) is 5.07. The molecule has 0 bridgehead atoms.